The molecule has 35 nitrogen and oxygen atoms in total. The van der Waals surface area contributed by atoms with Crippen molar-refractivity contribution < 1.29 is 154 Å². The van der Waals surface area contributed by atoms with Crippen LogP contribution in [-0.2, 0) is 144 Å². The maximum absolute atomic E-state index is 12.9. The van der Waals surface area contributed by atoms with E-state index in [1.807, 2.05) is 0 Å². The SMILES string of the molecule is COC1C(OC)[C@H](O[C@H]2O[C@@H](C)[C@@H](O[C@@H]3OC(C=O)[C@@H](O[C@@H]4OC(C)[C@@H](OC)C(OC)[C@@H]4N)C(OC)[C@@H]3OC)C(OS(=O)(=O)O)C2OS(=O)(=O)O)[C@H](C=O)O[C@@H]1O[C@@H]1C(C)O[C@H](OC)[C@@H](OS(=O)(=O)O)C1OS(=O)(=O)O. The lowest BCUT2D eigenvalue weighted by atomic mass is 9.95. The maximum Gasteiger partial charge on any atom is 0.397 e. The standard InChI is InChI=1S/C37H63NO34S4/c1-13-19(53-4)24(54-5)18(38)33(60-13)67-22-16(11-39)63-35(29(57-8)25(22)55-6)66-21-15(3)62-37(32(72-76(50,51)52)28(21)70-74(44,45)46)68-23-17(12-40)64-36(30(58-9)26(23)56-7)65-20-14(2)61-34(59-10)31(71-75(47,48)49)27(20)69-73(41,42)43/h11-37H,38H2,1-10H3,(H,41,42,43)(H,44,45,46)(H,47,48,49)(H,50,51,52)/t13?,14?,15-,16?,17-,18-,19+,20+,21+,22+,23+,24?,25?,26?,27?,28?,29-,30?,31-,32?,33-,34-,35-,36+,37+/m0/s1. The van der Waals surface area contributed by atoms with Crippen molar-refractivity contribution in [2.75, 3.05) is 49.8 Å². The normalized spacial score (nSPS) is 43.1. The molecular formula is C37H63NO34S4. The van der Waals surface area contributed by atoms with Crippen LogP contribution < -0.4 is 5.73 Å². The van der Waals surface area contributed by atoms with Gasteiger partial charge in [-0.2, -0.15) is 33.7 Å². The Labute approximate surface area is 436 Å². The van der Waals surface area contributed by atoms with Crippen molar-refractivity contribution in [2.24, 2.45) is 5.73 Å². The fourth-order valence-electron chi connectivity index (χ4n) is 9.44. The number of carbonyl (C=O) groups is 2. The largest absolute Gasteiger partial charge is 0.397 e. The van der Waals surface area contributed by atoms with Gasteiger partial charge in [0.05, 0.1) is 24.4 Å². The van der Waals surface area contributed by atoms with Gasteiger partial charge >= 0.3 is 41.6 Å². The molecule has 0 saturated carbocycles. The van der Waals surface area contributed by atoms with Crippen molar-refractivity contribution in [3.63, 3.8) is 0 Å². The van der Waals surface area contributed by atoms with Crippen LogP contribution >= 0.6 is 0 Å². The molecule has 76 heavy (non-hydrogen) atoms. The van der Waals surface area contributed by atoms with Crippen molar-refractivity contribution in [2.45, 2.75) is 174 Å². The Balaban J connectivity index is 1.47. The lowest BCUT2D eigenvalue weighted by molar-refractivity contribution is -0.380. The summed E-state index contributed by atoms with van der Waals surface area (Å²) >= 11 is 0. The van der Waals surface area contributed by atoms with Gasteiger partial charge in [0.15, 0.2) is 56.2 Å². The second kappa shape index (κ2) is 26.8. The molecule has 0 aromatic rings. The molecule has 5 rings (SSSR count). The summed E-state index contributed by atoms with van der Waals surface area (Å²) in [6, 6.07) is -1.02. The Kier molecular flexibility index (Phi) is 22.9. The minimum Gasteiger partial charge on any atom is -0.377 e. The zero-order valence-corrected chi connectivity index (χ0v) is 45.1. The van der Waals surface area contributed by atoms with Gasteiger partial charge in [0.2, 0.25) is 0 Å². The first-order chi connectivity index (χ1) is 35.4. The molecule has 25 atom stereocenters. The second-order valence-electron chi connectivity index (χ2n) is 17.2. The van der Waals surface area contributed by atoms with Crippen molar-refractivity contribution in [3.05, 3.63) is 0 Å². The Morgan fingerprint density at radius 1 is 0.342 bits per heavy atom. The van der Waals surface area contributed by atoms with Crippen LogP contribution in [0.25, 0.3) is 0 Å². The molecule has 0 amide bonds. The van der Waals surface area contributed by atoms with Gasteiger partial charge in [0.25, 0.3) is 0 Å². The predicted octanol–water partition coefficient (Wildman–Crippen LogP) is -4.58. The van der Waals surface area contributed by atoms with E-state index in [2.05, 4.69) is 4.18 Å². The molecule has 5 aliphatic heterocycles. The van der Waals surface area contributed by atoms with Crippen LogP contribution in [0.4, 0.5) is 0 Å². The highest BCUT2D eigenvalue weighted by Gasteiger charge is 2.60. The number of ether oxygens (including phenoxy) is 16. The summed E-state index contributed by atoms with van der Waals surface area (Å²) in [5, 5.41) is 0. The molecular weight excluding hydrogens is 1130 g/mol. The van der Waals surface area contributed by atoms with Gasteiger partial charge in [-0.15, -0.1) is 0 Å². The summed E-state index contributed by atoms with van der Waals surface area (Å²) in [7, 11) is -14.3. The topological polar surface area (TPSA) is 462 Å². The lowest BCUT2D eigenvalue weighted by Crippen LogP contribution is -2.68. The van der Waals surface area contributed by atoms with Gasteiger partial charge in [-0.25, -0.2) is 16.7 Å². The van der Waals surface area contributed by atoms with Gasteiger partial charge in [-0.05, 0) is 20.8 Å². The summed E-state index contributed by atoms with van der Waals surface area (Å²) in [6.07, 6.45) is -40.6. The quantitative estimate of drug-likeness (QED) is 0.0424. The third kappa shape index (κ3) is 15.8. The molecule has 5 heterocycles. The second-order valence-corrected chi connectivity index (χ2v) is 21.4. The Hall–Kier alpha value is -1.86. The van der Waals surface area contributed by atoms with Crippen LogP contribution in [-0.4, -0.2) is 268 Å². The summed E-state index contributed by atoms with van der Waals surface area (Å²) in [6.45, 7) is 4.05. The van der Waals surface area contributed by atoms with E-state index in [4.69, 9.17) is 94.1 Å². The van der Waals surface area contributed by atoms with Gasteiger partial charge in [-0.3, -0.25) is 18.2 Å². The highest BCUT2D eigenvalue weighted by Crippen LogP contribution is 2.40. The van der Waals surface area contributed by atoms with E-state index < -0.39 is 195 Å². The van der Waals surface area contributed by atoms with E-state index in [1.54, 1.807) is 6.92 Å². The van der Waals surface area contributed by atoms with Gasteiger partial charge in [0.1, 0.15) is 85.5 Å². The fraction of sp³-hybridized carbons (Fsp3) is 0.946. The van der Waals surface area contributed by atoms with Crippen LogP contribution in [0, 0.1) is 0 Å². The molecule has 0 radical (unpaired) electrons. The number of hydrogen-bond acceptors (Lipinski definition) is 31. The first-order valence-corrected chi connectivity index (χ1v) is 27.8. The summed E-state index contributed by atoms with van der Waals surface area (Å²) in [4.78, 5) is 25.6. The molecule has 0 spiro atoms. The number of carbonyl (C=O) groups excluding carboxylic acids is 2. The fourth-order valence-corrected chi connectivity index (χ4v) is 11.4. The molecule has 5 aliphatic rings. The smallest absolute Gasteiger partial charge is 0.377 e. The van der Waals surface area contributed by atoms with Crippen LogP contribution in [0.5, 0.6) is 0 Å². The van der Waals surface area contributed by atoms with Crippen molar-refractivity contribution in [1.82, 2.24) is 0 Å². The predicted molar refractivity (Wildman–Crippen MR) is 237 cm³/mol. The van der Waals surface area contributed by atoms with E-state index >= 15 is 0 Å². The minimum absolute atomic E-state index is 0.0684. The average molecular weight is 1190 g/mol. The lowest BCUT2D eigenvalue weighted by Gasteiger charge is -2.50. The Morgan fingerprint density at radius 2 is 0.632 bits per heavy atom. The molecule has 10 unspecified atom stereocenters. The van der Waals surface area contributed by atoms with Crippen LogP contribution in [0.3, 0.4) is 0 Å². The average Bonchev–Trinajstić information content (AvgIpc) is 3.32. The molecule has 6 N–H and O–H groups in total. The molecule has 0 aromatic carbocycles. The van der Waals surface area contributed by atoms with Gasteiger partial charge in [-0.1, -0.05) is 0 Å². The number of hydrogen-bond donors (Lipinski definition) is 5. The van der Waals surface area contributed by atoms with E-state index in [1.165, 1.54) is 35.2 Å². The monoisotopic (exact) mass is 1190 g/mol. The van der Waals surface area contributed by atoms with Crippen molar-refractivity contribution >= 4 is 54.2 Å². The summed E-state index contributed by atoms with van der Waals surface area (Å²) < 4.78 is 249. The van der Waals surface area contributed by atoms with Crippen LogP contribution in [0.15, 0.2) is 0 Å². The molecule has 5 saturated heterocycles. The molecule has 39 heteroatoms. The van der Waals surface area contributed by atoms with E-state index in [9.17, 15) is 61.5 Å². The van der Waals surface area contributed by atoms with Gasteiger partial charge in [0, 0.05) is 49.8 Å². The molecule has 0 aromatic heterocycles. The number of nitrogens with two attached hydrogens (primary N) is 1. The third-order valence-corrected chi connectivity index (χ3v) is 14.4. The Morgan fingerprint density at radius 3 is 0.974 bits per heavy atom. The third-order valence-electron chi connectivity index (χ3n) is 12.6. The highest BCUT2D eigenvalue weighted by atomic mass is 32.3. The summed E-state index contributed by atoms with van der Waals surface area (Å²) in [5.41, 5.74) is 6.45. The zero-order chi connectivity index (χ0) is 57.0. The maximum atomic E-state index is 12.9. The Bertz CT molecular complexity index is 2350. The van der Waals surface area contributed by atoms with Gasteiger partial charge < -0.3 is 91.1 Å². The minimum atomic E-state index is -5.75. The number of rotatable bonds is 25. The van der Waals surface area contributed by atoms with E-state index in [0.717, 1.165) is 28.4 Å². The zero-order valence-electron chi connectivity index (χ0n) is 41.8. The van der Waals surface area contributed by atoms with Crippen LogP contribution in [0.2, 0.25) is 0 Å². The highest BCUT2D eigenvalue weighted by molar-refractivity contribution is 7.81. The van der Waals surface area contributed by atoms with Crippen LogP contribution in [0.1, 0.15) is 20.8 Å². The molecule has 0 bridgehead atoms. The molecule has 0 aliphatic carbocycles. The van der Waals surface area contributed by atoms with E-state index in [0.29, 0.717) is 0 Å². The molecule has 444 valence electrons. The first kappa shape index (κ1) is 65.0. The number of aldehydes is 2. The number of methoxy groups -OCH3 is 7. The summed E-state index contributed by atoms with van der Waals surface area (Å²) in [5.74, 6) is 0. The van der Waals surface area contributed by atoms with E-state index in [-0.39, 0.29) is 12.6 Å². The first-order valence-electron chi connectivity index (χ1n) is 22.3. The molecule has 5 fully saturated rings. The van der Waals surface area contributed by atoms with Crippen molar-refractivity contribution in [1.29, 1.82) is 0 Å². The van der Waals surface area contributed by atoms with Crippen molar-refractivity contribution in [3.8, 4) is 0 Å².